The van der Waals surface area contributed by atoms with Gasteiger partial charge in [-0.2, -0.15) is 13.2 Å². The van der Waals surface area contributed by atoms with Crippen molar-refractivity contribution < 1.29 is 17.9 Å². The van der Waals surface area contributed by atoms with Crippen LogP contribution in [0.15, 0.2) is 48.5 Å². The number of halogens is 3. The number of benzene rings is 2. The summed E-state index contributed by atoms with van der Waals surface area (Å²) < 4.78 is 43.1. The summed E-state index contributed by atoms with van der Waals surface area (Å²) in [5.74, 6) is 0.0339. The summed E-state index contributed by atoms with van der Waals surface area (Å²) in [4.78, 5) is 0. The first-order valence-electron chi connectivity index (χ1n) is 4.88. The van der Waals surface area contributed by atoms with Crippen LogP contribution >= 0.6 is 0 Å². The van der Waals surface area contributed by atoms with Crippen LogP contribution < -0.4 is 4.74 Å². The highest BCUT2D eigenvalue weighted by molar-refractivity contribution is 5.38. The summed E-state index contributed by atoms with van der Waals surface area (Å²) in [7, 11) is 0. The van der Waals surface area contributed by atoms with Crippen molar-refractivity contribution in [3.63, 3.8) is 0 Å². The van der Waals surface area contributed by atoms with Crippen LogP contribution in [0.2, 0.25) is 0 Å². The van der Waals surface area contributed by atoms with Gasteiger partial charge in [0.15, 0.2) is 0 Å². The molecule has 0 aliphatic rings. The van der Waals surface area contributed by atoms with Crippen molar-refractivity contribution in [3.05, 3.63) is 60.2 Å². The Balaban J connectivity index is 2.34. The lowest BCUT2D eigenvalue weighted by Crippen LogP contribution is -2.06. The van der Waals surface area contributed by atoms with E-state index in [4.69, 9.17) is 4.74 Å². The highest BCUT2D eigenvalue weighted by Gasteiger charge is 2.34. The normalized spacial score (nSPS) is 11.2. The molecule has 2 rings (SSSR count). The SMILES string of the molecule is FC(F)(F)c1ccc[c]c1Oc1ccccc1. The van der Waals surface area contributed by atoms with Crippen molar-refractivity contribution in [1.82, 2.24) is 0 Å². The van der Waals surface area contributed by atoms with E-state index in [0.29, 0.717) is 5.75 Å². The predicted molar refractivity (Wildman–Crippen MR) is 56.8 cm³/mol. The maximum Gasteiger partial charge on any atom is 0.420 e. The molecule has 1 radical (unpaired) electrons. The second kappa shape index (κ2) is 4.49. The van der Waals surface area contributed by atoms with E-state index in [-0.39, 0.29) is 5.75 Å². The molecule has 1 nitrogen and oxygen atoms in total. The van der Waals surface area contributed by atoms with E-state index >= 15 is 0 Å². The Morgan fingerprint density at radius 2 is 1.65 bits per heavy atom. The van der Waals surface area contributed by atoms with Gasteiger partial charge < -0.3 is 4.74 Å². The molecule has 0 bridgehead atoms. The molecule has 0 aliphatic carbocycles. The minimum Gasteiger partial charge on any atom is -0.456 e. The predicted octanol–water partition coefficient (Wildman–Crippen LogP) is 4.30. The lowest BCUT2D eigenvalue weighted by molar-refractivity contribution is -0.138. The van der Waals surface area contributed by atoms with Crippen LogP contribution in [0.3, 0.4) is 0 Å². The molecular weight excluding hydrogens is 229 g/mol. The molecule has 87 valence electrons. The van der Waals surface area contributed by atoms with E-state index in [9.17, 15) is 13.2 Å². The number of hydrogen-bond donors (Lipinski definition) is 0. The monoisotopic (exact) mass is 237 g/mol. The second-order valence-electron chi connectivity index (χ2n) is 3.33. The summed E-state index contributed by atoms with van der Waals surface area (Å²) >= 11 is 0. The number of alkyl halides is 3. The fraction of sp³-hybridized carbons (Fsp3) is 0.0769. The van der Waals surface area contributed by atoms with Gasteiger partial charge in [0.05, 0.1) is 5.56 Å². The molecule has 0 unspecified atom stereocenters. The lowest BCUT2D eigenvalue weighted by Gasteiger charge is -2.12. The Hall–Kier alpha value is -1.97. The highest BCUT2D eigenvalue weighted by atomic mass is 19.4. The number of hydrogen-bond acceptors (Lipinski definition) is 1. The Morgan fingerprint density at radius 1 is 0.941 bits per heavy atom. The summed E-state index contributed by atoms with van der Waals surface area (Å²) in [6.45, 7) is 0. The van der Waals surface area contributed by atoms with Gasteiger partial charge in [-0.25, -0.2) is 0 Å². The van der Waals surface area contributed by atoms with E-state index in [0.717, 1.165) is 6.07 Å². The zero-order chi connectivity index (χ0) is 12.3. The third-order valence-electron chi connectivity index (χ3n) is 2.09. The molecule has 0 saturated heterocycles. The molecule has 0 aromatic heterocycles. The van der Waals surface area contributed by atoms with Crippen LogP contribution in [0.25, 0.3) is 0 Å². The summed E-state index contributed by atoms with van der Waals surface area (Å²) in [5.41, 5.74) is -0.830. The second-order valence-corrected chi connectivity index (χ2v) is 3.33. The molecule has 17 heavy (non-hydrogen) atoms. The third-order valence-corrected chi connectivity index (χ3v) is 2.09. The number of para-hydroxylation sites is 2. The number of rotatable bonds is 2. The summed E-state index contributed by atoms with van der Waals surface area (Å²) in [6.07, 6.45) is -4.44. The molecule has 0 amide bonds. The van der Waals surface area contributed by atoms with Crippen LogP contribution in [-0.4, -0.2) is 0 Å². The topological polar surface area (TPSA) is 9.23 Å². The molecule has 0 saturated carbocycles. The van der Waals surface area contributed by atoms with Crippen LogP contribution in [0.1, 0.15) is 5.56 Å². The minimum atomic E-state index is -4.44. The van der Waals surface area contributed by atoms with Gasteiger partial charge in [-0.05, 0) is 18.2 Å². The van der Waals surface area contributed by atoms with Gasteiger partial charge in [0, 0.05) is 6.07 Å². The standard InChI is InChI=1S/C13H8F3O/c14-13(15,16)11-8-4-5-9-12(11)17-10-6-2-1-3-7-10/h1-8H. The molecule has 0 atom stereocenters. The Labute approximate surface area is 96.5 Å². The van der Waals surface area contributed by atoms with Crippen molar-refractivity contribution in [1.29, 1.82) is 0 Å². The van der Waals surface area contributed by atoms with Gasteiger partial charge in [0.2, 0.25) is 0 Å². The van der Waals surface area contributed by atoms with Crippen molar-refractivity contribution >= 4 is 0 Å². The molecule has 0 aliphatic heterocycles. The van der Waals surface area contributed by atoms with Gasteiger partial charge in [-0.15, -0.1) is 0 Å². The first kappa shape index (κ1) is 11.5. The van der Waals surface area contributed by atoms with Crippen molar-refractivity contribution in [3.8, 4) is 11.5 Å². The van der Waals surface area contributed by atoms with Gasteiger partial charge in [0.25, 0.3) is 0 Å². The van der Waals surface area contributed by atoms with Crippen LogP contribution in [0, 0.1) is 6.07 Å². The smallest absolute Gasteiger partial charge is 0.420 e. The van der Waals surface area contributed by atoms with Crippen LogP contribution in [0.4, 0.5) is 13.2 Å². The quantitative estimate of drug-likeness (QED) is 0.756. The van der Waals surface area contributed by atoms with E-state index in [1.807, 2.05) is 0 Å². The molecule has 0 spiro atoms. The summed E-state index contributed by atoms with van der Waals surface area (Å²) in [6, 6.07) is 14.4. The molecule has 0 fully saturated rings. The molecular formula is C13H8F3O. The largest absolute Gasteiger partial charge is 0.456 e. The zero-order valence-corrected chi connectivity index (χ0v) is 8.66. The van der Waals surface area contributed by atoms with Crippen molar-refractivity contribution in [2.75, 3.05) is 0 Å². The Bertz CT molecular complexity index is 492. The van der Waals surface area contributed by atoms with Gasteiger partial charge >= 0.3 is 6.18 Å². The van der Waals surface area contributed by atoms with E-state index < -0.39 is 11.7 Å². The van der Waals surface area contributed by atoms with E-state index in [1.54, 1.807) is 30.3 Å². The van der Waals surface area contributed by atoms with E-state index in [1.165, 1.54) is 12.1 Å². The van der Waals surface area contributed by atoms with Gasteiger partial charge in [-0.3, -0.25) is 0 Å². The lowest BCUT2D eigenvalue weighted by atomic mass is 10.2. The van der Waals surface area contributed by atoms with Crippen molar-refractivity contribution in [2.24, 2.45) is 0 Å². The fourth-order valence-corrected chi connectivity index (χ4v) is 1.34. The third kappa shape index (κ3) is 2.78. The Morgan fingerprint density at radius 3 is 2.29 bits per heavy atom. The molecule has 0 heterocycles. The van der Waals surface area contributed by atoms with E-state index in [2.05, 4.69) is 6.07 Å². The zero-order valence-electron chi connectivity index (χ0n) is 8.66. The van der Waals surface area contributed by atoms with Gasteiger partial charge in [0.1, 0.15) is 11.5 Å². The highest BCUT2D eigenvalue weighted by Crippen LogP contribution is 2.37. The minimum absolute atomic E-state index is 0.314. The first-order chi connectivity index (χ1) is 8.07. The van der Waals surface area contributed by atoms with Crippen LogP contribution in [-0.2, 0) is 6.18 Å². The first-order valence-corrected chi connectivity index (χ1v) is 4.88. The molecule has 4 heteroatoms. The average molecular weight is 237 g/mol. The van der Waals surface area contributed by atoms with Crippen molar-refractivity contribution in [2.45, 2.75) is 6.18 Å². The molecule has 2 aromatic carbocycles. The molecule has 0 N–H and O–H groups in total. The molecule has 2 aromatic rings. The Kier molecular flexibility index (Phi) is 3.04. The number of ether oxygens (including phenoxy) is 1. The fourth-order valence-electron chi connectivity index (χ4n) is 1.34. The maximum atomic E-state index is 12.7. The van der Waals surface area contributed by atoms with Crippen LogP contribution in [0.5, 0.6) is 11.5 Å². The average Bonchev–Trinajstić information content (AvgIpc) is 2.30. The van der Waals surface area contributed by atoms with Gasteiger partial charge in [-0.1, -0.05) is 30.3 Å². The maximum absolute atomic E-state index is 12.7. The summed E-state index contributed by atoms with van der Waals surface area (Å²) in [5, 5.41) is 0.